The molecule has 0 aliphatic carbocycles. The zero-order valence-corrected chi connectivity index (χ0v) is 21.0. The molecule has 36 heavy (non-hydrogen) atoms. The summed E-state index contributed by atoms with van der Waals surface area (Å²) < 4.78 is 8.75. The summed E-state index contributed by atoms with van der Waals surface area (Å²) in [6.45, 7) is 4.68. The van der Waals surface area contributed by atoms with Crippen molar-refractivity contribution in [1.29, 1.82) is 0 Å². The third-order valence-corrected chi connectivity index (χ3v) is 6.78. The second-order valence-electron chi connectivity index (χ2n) is 9.20. The van der Waals surface area contributed by atoms with Gasteiger partial charge in [-0.2, -0.15) is 4.57 Å². The van der Waals surface area contributed by atoms with Crippen molar-refractivity contribution in [2.75, 3.05) is 13.2 Å². The molecule has 4 heterocycles. The van der Waals surface area contributed by atoms with Crippen LogP contribution < -0.4 is 10.1 Å². The summed E-state index contributed by atoms with van der Waals surface area (Å²) >= 11 is 6.18. The summed E-state index contributed by atoms with van der Waals surface area (Å²) in [4.78, 5) is 42.7. The van der Waals surface area contributed by atoms with Crippen molar-refractivity contribution in [2.24, 2.45) is 0 Å². The third-order valence-electron chi connectivity index (χ3n) is 6.54. The first-order valence-electron chi connectivity index (χ1n) is 12.2. The van der Waals surface area contributed by atoms with E-state index in [1.165, 1.54) is 9.58 Å². The number of ether oxygens (including phenoxy) is 1. The first kappa shape index (κ1) is 24.2. The van der Waals surface area contributed by atoms with Crippen molar-refractivity contribution in [2.45, 2.75) is 45.6 Å². The molecular weight excluding hydrogens is 480 g/mol. The number of H-pyrrole nitrogens is 1. The average molecular weight is 508 g/mol. The fourth-order valence-electron chi connectivity index (χ4n) is 4.89. The number of nitrogens with one attached hydrogen (secondary N) is 1. The molecule has 2 aliphatic heterocycles. The Morgan fingerprint density at radius 3 is 2.69 bits per heavy atom. The van der Waals surface area contributed by atoms with Gasteiger partial charge >= 0.3 is 5.91 Å². The van der Waals surface area contributed by atoms with Crippen LogP contribution in [-0.2, 0) is 20.7 Å². The van der Waals surface area contributed by atoms with Crippen LogP contribution in [0.1, 0.15) is 43.0 Å². The molecule has 1 N–H and O–H groups in total. The maximum atomic E-state index is 13.9. The fraction of sp³-hybridized carbons (Fsp3) is 0.333. The van der Waals surface area contributed by atoms with Gasteiger partial charge < -0.3 is 4.74 Å². The highest BCUT2D eigenvalue weighted by Gasteiger charge is 2.48. The Bertz CT molecular complexity index is 1430. The average Bonchev–Trinajstić information content (AvgIpc) is 3.54. The molecule has 5 rings (SSSR count). The molecule has 1 fully saturated rings. The quantitative estimate of drug-likeness (QED) is 0.392. The van der Waals surface area contributed by atoms with Crippen LogP contribution in [0, 0.1) is 6.92 Å². The Balaban J connectivity index is 1.72. The van der Waals surface area contributed by atoms with Gasteiger partial charge in [0.2, 0.25) is 0 Å². The molecule has 2 aromatic heterocycles. The molecule has 0 unspecified atom stereocenters. The maximum Gasteiger partial charge on any atom is 0.327 e. The van der Waals surface area contributed by atoms with Crippen molar-refractivity contribution < 1.29 is 18.9 Å². The van der Waals surface area contributed by atoms with Crippen molar-refractivity contribution in [1.82, 2.24) is 14.7 Å². The molecule has 1 saturated heterocycles. The summed E-state index contributed by atoms with van der Waals surface area (Å²) in [7, 11) is 0. The van der Waals surface area contributed by atoms with Crippen LogP contribution in [0.4, 0.5) is 0 Å². The summed E-state index contributed by atoms with van der Waals surface area (Å²) in [5.41, 5.74) is 2.17. The van der Waals surface area contributed by atoms with E-state index in [-0.39, 0.29) is 29.5 Å². The molecule has 1 atom stereocenters. The van der Waals surface area contributed by atoms with Gasteiger partial charge in [0.1, 0.15) is 5.57 Å². The smallest absolute Gasteiger partial charge is 0.327 e. The van der Waals surface area contributed by atoms with E-state index in [4.69, 9.17) is 16.3 Å². The molecule has 0 spiro atoms. The molecule has 2 aliphatic rings. The molecule has 0 saturated carbocycles. The monoisotopic (exact) mass is 507 g/mol. The number of hydrogen-bond acceptors (Lipinski definition) is 4. The molecule has 3 aromatic rings. The second kappa shape index (κ2) is 9.87. The number of halogens is 1. The first-order chi connectivity index (χ1) is 17.4. The summed E-state index contributed by atoms with van der Waals surface area (Å²) in [5, 5.41) is 3.66. The zero-order valence-electron chi connectivity index (χ0n) is 20.3. The van der Waals surface area contributed by atoms with Gasteiger partial charge in [-0.1, -0.05) is 31.0 Å². The van der Waals surface area contributed by atoms with Gasteiger partial charge in [0.15, 0.2) is 12.4 Å². The summed E-state index contributed by atoms with van der Waals surface area (Å²) in [6.07, 6.45) is 6.26. The number of hydrogen-bond donors (Lipinski definition) is 1. The summed E-state index contributed by atoms with van der Waals surface area (Å²) in [5.74, 6) is -0.912. The maximum absolute atomic E-state index is 13.9. The number of carbonyl (C=O) groups is 2. The van der Waals surface area contributed by atoms with E-state index in [2.05, 4.69) is 5.10 Å². The van der Waals surface area contributed by atoms with Crippen molar-refractivity contribution in [3.8, 4) is 5.69 Å². The predicted octanol–water partition coefficient (Wildman–Crippen LogP) is 3.28. The first-order valence-corrected chi connectivity index (χ1v) is 12.6. The number of rotatable bonds is 7. The number of aryl methyl sites for hydroxylation is 2. The third kappa shape index (κ3) is 4.31. The highest BCUT2D eigenvalue weighted by atomic mass is 35.5. The van der Waals surface area contributed by atoms with Gasteiger partial charge in [0.05, 0.1) is 23.9 Å². The van der Waals surface area contributed by atoms with Crippen LogP contribution >= 0.6 is 11.6 Å². The Kier molecular flexibility index (Phi) is 6.64. The van der Waals surface area contributed by atoms with Crippen LogP contribution in [0.15, 0.2) is 53.6 Å². The molecule has 186 valence electrons. The van der Waals surface area contributed by atoms with Gasteiger partial charge in [-0.05, 0) is 50.5 Å². The molecule has 8 nitrogen and oxygen atoms in total. The van der Waals surface area contributed by atoms with E-state index in [1.807, 2.05) is 26.0 Å². The van der Waals surface area contributed by atoms with Crippen LogP contribution in [0.3, 0.4) is 0 Å². The zero-order chi connectivity index (χ0) is 25.4. The lowest BCUT2D eigenvalue weighted by molar-refractivity contribution is -0.577. The molecule has 0 radical (unpaired) electrons. The lowest BCUT2D eigenvalue weighted by Gasteiger charge is -2.18. The number of amides is 2. The molecule has 2 amide bonds. The topological polar surface area (TPSA) is 88.3 Å². The lowest BCUT2D eigenvalue weighted by Crippen LogP contribution is -2.42. The van der Waals surface area contributed by atoms with Crippen LogP contribution in [-0.4, -0.2) is 45.8 Å². The number of nitrogens with zero attached hydrogens (tertiary/aromatic N) is 3. The van der Waals surface area contributed by atoms with Gasteiger partial charge in [-0.25, -0.2) is 4.68 Å². The van der Waals surface area contributed by atoms with Gasteiger partial charge in [0, 0.05) is 29.0 Å². The van der Waals surface area contributed by atoms with Gasteiger partial charge in [0.25, 0.3) is 17.2 Å². The molecular formula is C27H28ClN4O4+. The lowest BCUT2D eigenvalue weighted by atomic mass is 10.0. The largest absolute Gasteiger partial charge is 0.376 e. The standard InChI is InChI=1S/C27H27ClN4O4/c1-3-7-21-22(26(34)32(29-21)19-10-4-9-18(28)14-19)23-24(30-12-5-8-17(2)15-30)27(35)31(25(23)33)16-20-11-6-13-36-20/h4-5,8-10,12,14-15,20H,3,6-7,11,13,16H2,1-2H3/p+1/t20-/m1/s1. The number of aromatic nitrogens is 3. The van der Waals surface area contributed by atoms with Crippen LogP contribution in [0.5, 0.6) is 0 Å². The Morgan fingerprint density at radius 1 is 1.17 bits per heavy atom. The number of carbonyl (C=O) groups excluding carboxylic acids is 2. The minimum atomic E-state index is -0.480. The Labute approximate surface area is 213 Å². The van der Waals surface area contributed by atoms with E-state index in [0.29, 0.717) is 29.4 Å². The van der Waals surface area contributed by atoms with Crippen molar-refractivity contribution in [3.63, 3.8) is 0 Å². The van der Waals surface area contributed by atoms with Crippen LogP contribution in [0.2, 0.25) is 5.02 Å². The van der Waals surface area contributed by atoms with E-state index in [9.17, 15) is 14.4 Å². The van der Waals surface area contributed by atoms with E-state index >= 15 is 0 Å². The number of pyridine rings is 1. The van der Waals surface area contributed by atoms with Crippen LogP contribution in [0.25, 0.3) is 17.0 Å². The van der Waals surface area contributed by atoms with E-state index < -0.39 is 17.4 Å². The second-order valence-corrected chi connectivity index (χ2v) is 9.64. The number of imide groups is 1. The van der Waals surface area contributed by atoms with Crippen molar-refractivity contribution >= 4 is 34.7 Å². The van der Waals surface area contributed by atoms with E-state index in [1.54, 1.807) is 41.2 Å². The fourth-order valence-corrected chi connectivity index (χ4v) is 5.07. The van der Waals surface area contributed by atoms with E-state index in [0.717, 1.165) is 24.8 Å². The molecule has 1 aromatic carbocycles. The summed E-state index contributed by atoms with van der Waals surface area (Å²) in [6, 6.07) is 10.6. The van der Waals surface area contributed by atoms with Crippen molar-refractivity contribution in [3.05, 3.63) is 81.0 Å². The van der Waals surface area contributed by atoms with Gasteiger partial charge in [-0.3, -0.25) is 24.4 Å². The number of aromatic amines is 1. The highest BCUT2D eigenvalue weighted by molar-refractivity contribution is 6.44. The predicted molar refractivity (Wildman–Crippen MR) is 136 cm³/mol. The molecule has 9 heteroatoms. The minimum Gasteiger partial charge on any atom is -0.376 e. The molecule has 0 bridgehead atoms. The normalized spacial score (nSPS) is 18.1. The highest BCUT2D eigenvalue weighted by Crippen LogP contribution is 2.31. The van der Waals surface area contributed by atoms with Gasteiger partial charge in [-0.15, -0.1) is 0 Å². The number of benzene rings is 1. The minimum absolute atomic E-state index is 0.110. The Hall–Kier alpha value is -3.49. The Morgan fingerprint density at radius 2 is 2.00 bits per heavy atom. The SMILES string of the molecule is CCCc1[nH]n(-c2cccc(Cl)c2)c(=O)c1C1=C([n+]2cccc(C)c2)C(=O)N(C[C@H]2CCCO2)C1=O.